The van der Waals surface area contributed by atoms with Gasteiger partial charge in [-0.15, -0.1) is 0 Å². The van der Waals surface area contributed by atoms with E-state index in [2.05, 4.69) is 35.2 Å². The van der Waals surface area contributed by atoms with E-state index in [1.807, 2.05) is 6.07 Å². The molecule has 0 bridgehead atoms. The van der Waals surface area contributed by atoms with Crippen molar-refractivity contribution < 1.29 is 9.15 Å². The summed E-state index contributed by atoms with van der Waals surface area (Å²) in [5.74, 6) is 6.41. The molecule has 0 spiro atoms. The average Bonchev–Trinajstić information content (AvgIpc) is 2.72. The molecule has 1 unspecified atom stereocenters. The van der Waals surface area contributed by atoms with Crippen molar-refractivity contribution in [3.63, 3.8) is 0 Å². The molecule has 0 aliphatic carbocycles. The fourth-order valence-corrected chi connectivity index (χ4v) is 2.47. The minimum absolute atomic E-state index is 0.170. The van der Waals surface area contributed by atoms with Gasteiger partial charge in [-0.3, -0.25) is 5.84 Å². The summed E-state index contributed by atoms with van der Waals surface area (Å²) in [6, 6.07) is 1.68. The first kappa shape index (κ1) is 13.7. The van der Waals surface area contributed by atoms with E-state index in [0.717, 1.165) is 23.1 Å². The number of hydrogen-bond donors (Lipinski definition) is 2. The Morgan fingerprint density at radius 2 is 2.19 bits per heavy atom. The number of methoxy groups -OCH3 is 1. The molecular formula is C11H19BrN2O2. The van der Waals surface area contributed by atoms with Crippen LogP contribution in [0.15, 0.2) is 21.2 Å². The number of nitrogens with one attached hydrogen (secondary N) is 1. The lowest BCUT2D eigenvalue weighted by atomic mass is 9.87. The SMILES string of the molecule is CCC(CC)(OC)C(NN)c1occc1Br. The van der Waals surface area contributed by atoms with Gasteiger partial charge in [-0.2, -0.15) is 0 Å². The molecule has 0 saturated carbocycles. The molecule has 16 heavy (non-hydrogen) atoms. The first-order chi connectivity index (χ1) is 7.65. The van der Waals surface area contributed by atoms with Gasteiger partial charge in [0.05, 0.1) is 16.3 Å². The van der Waals surface area contributed by atoms with Crippen molar-refractivity contribution in [2.24, 2.45) is 5.84 Å². The highest BCUT2D eigenvalue weighted by Crippen LogP contribution is 2.37. The number of hydrogen-bond acceptors (Lipinski definition) is 4. The van der Waals surface area contributed by atoms with Gasteiger partial charge in [0, 0.05) is 7.11 Å². The molecule has 1 aromatic rings. The molecule has 92 valence electrons. The third-order valence-corrected chi connectivity index (χ3v) is 3.86. The monoisotopic (exact) mass is 290 g/mol. The van der Waals surface area contributed by atoms with Crippen LogP contribution in [0.3, 0.4) is 0 Å². The molecule has 0 radical (unpaired) electrons. The summed E-state index contributed by atoms with van der Waals surface area (Å²) < 4.78 is 12.0. The first-order valence-electron chi connectivity index (χ1n) is 5.39. The maximum Gasteiger partial charge on any atom is 0.139 e. The van der Waals surface area contributed by atoms with E-state index in [1.165, 1.54) is 0 Å². The Labute approximate surface area is 105 Å². The molecule has 0 fully saturated rings. The number of furan rings is 1. The van der Waals surface area contributed by atoms with Crippen molar-refractivity contribution in [1.82, 2.24) is 5.43 Å². The molecule has 3 N–H and O–H groups in total. The molecule has 0 amide bonds. The van der Waals surface area contributed by atoms with Crippen LogP contribution in [-0.4, -0.2) is 12.7 Å². The number of halogens is 1. The van der Waals surface area contributed by atoms with Crippen LogP contribution in [0.1, 0.15) is 38.5 Å². The maximum atomic E-state index is 5.64. The molecule has 0 aromatic carbocycles. The summed E-state index contributed by atoms with van der Waals surface area (Å²) in [5.41, 5.74) is 2.44. The Morgan fingerprint density at radius 3 is 2.50 bits per heavy atom. The highest BCUT2D eigenvalue weighted by Gasteiger charge is 2.39. The van der Waals surface area contributed by atoms with E-state index >= 15 is 0 Å². The van der Waals surface area contributed by atoms with Gasteiger partial charge in [0.15, 0.2) is 0 Å². The molecule has 0 aliphatic heterocycles. The van der Waals surface area contributed by atoms with Gasteiger partial charge in [0.25, 0.3) is 0 Å². The number of hydrazine groups is 1. The second-order valence-corrected chi connectivity index (χ2v) is 4.56. The van der Waals surface area contributed by atoms with Crippen molar-refractivity contribution in [3.8, 4) is 0 Å². The van der Waals surface area contributed by atoms with Crippen LogP contribution < -0.4 is 11.3 Å². The normalized spacial score (nSPS) is 14.1. The molecule has 4 nitrogen and oxygen atoms in total. The zero-order valence-corrected chi connectivity index (χ0v) is 11.5. The third-order valence-electron chi connectivity index (χ3n) is 3.20. The van der Waals surface area contributed by atoms with Crippen molar-refractivity contribution in [3.05, 3.63) is 22.6 Å². The second kappa shape index (κ2) is 5.82. The molecule has 1 atom stereocenters. The van der Waals surface area contributed by atoms with Crippen molar-refractivity contribution >= 4 is 15.9 Å². The summed E-state index contributed by atoms with van der Waals surface area (Å²) in [7, 11) is 1.70. The number of nitrogens with two attached hydrogens (primary N) is 1. The lowest BCUT2D eigenvalue weighted by Crippen LogP contribution is -2.47. The Kier molecular flexibility index (Phi) is 4.98. The van der Waals surface area contributed by atoms with Gasteiger partial charge in [0.2, 0.25) is 0 Å². The average molecular weight is 291 g/mol. The lowest BCUT2D eigenvalue weighted by Gasteiger charge is -2.37. The van der Waals surface area contributed by atoms with Crippen LogP contribution in [-0.2, 0) is 4.74 Å². The van der Waals surface area contributed by atoms with Crippen LogP contribution in [0.5, 0.6) is 0 Å². The van der Waals surface area contributed by atoms with Gasteiger partial charge in [-0.1, -0.05) is 13.8 Å². The number of rotatable bonds is 6. The zero-order chi connectivity index (χ0) is 12.2. The highest BCUT2D eigenvalue weighted by molar-refractivity contribution is 9.10. The molecule has 5 heteroatoms. The van der Waals surface area contributed by atoms with Crippen LogP contribution in [0, 0.1) is 0 Å². The summed E-state index contributed by atoms with van der Waals surface area (Å²) in [5, 5.41) is 0. The highest BCUT2D eigenvalue weighted by atomic mass is 79.9. The molecule has 1 rings (SSSR count). The van der Waals surface area contributed by atoms with Crippen LogP contribution in [0.4, 0.5) is 0 Å². The summed E-state index contributed by atoms with van der Waals surface area (Å²) in [6.45, 7) is 4.16. The smallest absolute Gasteiger partial charge is 0.139 e. The van der Waals surface area contributed by atoms with Crippen molar-refractivity contribution in [2.75, 3.05) is 7.11 Å². The van der Waals surface area contributed by atoms with Gasteiger partial charge in [0.1, 0.15) is 11.8 Å². The van der Waals surface area contributed by atoms with E-state index in [0.29, 0.717) is 0 Å². The minimum Gasteiger partial charge on any atom is -0.466 e. The van der Waals surface area contributed by atoms with Crippen molar-refractivity contribution in [1.29, 1.82) is 0 Å². The largest absolute Gasteiger partial charge is 0.466 e. The Balaban J connectivity index is 3.10. The molecule has 1 heterocycles. The molecular weight excluding hydrogens is 272 g/mol. The van der Waals surface area contributed by atoms with E-state index in [-0.39, 0.29) is 11.6 Å². The van der Waals surface area contributed by atoms with Gasteiger partial charge in [-0.05, 0) is 34.8 Å². The summed E-state index contributed by atoms with van der Waals surface area (Å²) >= 11 is 3.44. The fourth-order valence-electron chi connectivity index (χ4n) is 2.04. The van der Waals surface area contributed by atoms with E-state index in [4.69, 9.17) is 15.0 Å². The minimum atomic E-state index is -0.352. The Hall–Kier alpha value is -0.360. The van der Waals surface area contributed by atoms with Gasteiger partial charge in [-0.25, -0.2) is 5.43 Å². The van der Waals surface area contributed by atoms with E-state index < -0.39 is 0 Å². The maximum absolute atomic E-state index is 5.64. The predicted octanol–water partition coefficient (Wildman–Crippen LogP) is 2.75. The van der Waals surface area contributed by atoms with E-state index in [9.17, 15) is 0 Å². The second-order valence-electron chi connectivity index (χ2n) is 3.71. The topological polar surface area (TPSA) is 60.4 Å². The van der Waals surface area contributed by atoms with Crippen LogP contribution in [0.2, 0.25) is 0 Å². The van der Waals surface area contributed by atoms with Crippen LogP contribution >= 0.6 is 15.9 Å². The Bertz CT molecular complexity index is 315. The fraction of sp³-hybridized carbons (Fsp3) is 0.636. The Morgan fingerprint density at radius 1 is 1.56 bits per heavy atom. The zero-order valence-electron chi connectivity index (χ0n) is 9.92. The van der Waals surface area contributed by atoms with Gasteiger partial charge < -0.3 is 9.15 Å². The van der Waals surface area contributed by atoms with Crippen LogP contribution in [0.25, 0.3) is 0 Å². The molecule has 0 aliphatic rings. The lowest BCUT2D eigenvalue weighted by molar-refractivity contribution is -0.0539. The predicted molar refractivity (Wildman–Crippen MR) is 66.8 cm³/mol. The van der Waals surface area contributed by atoms with E-state index in [1.54, 1.807) is 13.4 Å². The molecule has 1 aromatic heterocycles. The number of ether oxygens (including phenoxy) is 1. The first-order valence-corrected chi connectivity index (χ1v) is 6.18. The quantitative estimate of drug-likeness (QED) is 0.625. The summed E-state index contributed by atoms with van der Waals surface area (Å²) in [4.78, 5) is 0. The van der Waals surface area contributed by atoms with Crippen molar-refractivity contribution in [2.45, 2.75) is 38.3 Å². The third kappa shape index (κ3) is 2.32. The molecule has 0 saturated heterocycles. The summed E-state index contributed by atoms with van der Waals surface area (Å²) in [6.07, 6.45) is 3.33. The standard InChI is InChI=1S/C11H19BrN2O2/c1-4-11(5-2,15-3)10(14-13)9-8(12)6-7-16-9/h6-7,10,14H,4-5,13H2,1-3H3. The van der Waals surface area contributed by atoms with Gasteiger partial charge >= 0.3 is 0 Å².